The topological polar surface area (TPSA) is 118 Å². The van der Waals surface area contributed by atoms with Crippen LogP contribution in [0, 0.1) is 24.2 Å². The van der Waals surface area contributed by atoms with Crippen molar-refractivity contribution in [3.05, 3.63) is 59.7 Å². The van der Waals surface area contributed by atoms with Gasteiger partial charge in [0.25, 0.3) is 0 Å². The Morgan fingerprint density at radius 3 is 2.67 bits per heavy atom. The molecule has 184 valence electrons. The van der Waals surface area contributed by atoms with Crippen LogP contribution in [0.3, 0.4) is 0 Å². The van der Waals surface area contributed by atoms with Crippen LogP contribution in [0.1, 0.15) is 44.0 Å². The predicted octanol–water partition coefficient (Wildman–Crippen LogP) is 5.39. The van der Waals surface area contributed by atoms with Crippen molar-refractivity contribution in [2.24, 2.45) is 5.92 Å². The first-order valence-electron chi connectivity index (χ1n) is 12.1. The molecule has 0 radical (unpaired) electrons. The van der Waals surface area contributed by atoms with Gasteiger partial charge in [-0.3, -0.25) is 0 Å². The van der Waals surface area contributed by atoms with Crippen LogP contribution in [0.25, 0.3) is 22.2 Å². The average Bonchev–Trinajstić information content (AvgIpc) is 3.49. The van der Waals surface area contributed by atoms with Crippen LogP contribution in [-0.4, -0.2) is 26.8 Å². The summed E-state index contributed by atoms with van der Waals surface area (Å²) in [4.78, 5) is 16.2. The van der Waals surface area contributed by atoms with Crippen LogP contribution >= 0.6 is 0 Å². The van der Waals surface area contributed by atoms with Crippen molar-refractivity contribution < 1.29 is 14.1 Å². The largest absolute Gasteiger partial charge is 0.485 e. The highest BCUT2D eigenvalue weighted by atomic mass is 16.5. The molecule has 1 aliphatic carbocycles. The number of benzene rings is 2. The predicted molar refractivity (Wildman–Crippen MR) is 135 cm³/mol. The van der Waals surface area contributed by atoms with Gasteiger partial charge in [-0.25, -0.2) is 4.79 Å². The third-order valence-corrected chi connectivity index (χ3v) is 6.06. The Hall–Kier alpha value is -4.32. The van der Waals surface area contributed by atoms with Gasteiger partial charge in [-0.2, -0.15) is 10.2 Å². The van der Waals surface area contributed by atoms with Crippen molar-refractivity contribution in [1.29, 1.82) is 5.26 Å². The Morgan fingerprint density at radius 2 is 2.03 bits per heavy atom. The fourth-order valence-electron chi connectivity index (χ4n) is 4.27. The van der Waals surface area contributed by atoms with Crippen LogP contribution < -0.4 is 15.4 Å². The third kappa shape index (κ3) is 5.03. The molecule has 1 fully saturated rings. The molecule has 0 bridgehead atoms. The number of nitriles is 1. The monoisotopic (exact) mass is 484 g/mol. The quantitative estimate of drug-likeness (QED) is 0.346. The number of carbonyl (C=O) groups is 1. The van der Waals surface area contributed by atoms with E-state index in [0.29, 0.717) is 34.6 Å². The van der Waals surface area contributed by atoms with E-state index in [4.69, 9.17) is 9.26 Å². The second-order valence-corrected chi connectivity index (χ2v) is 9.42. The molecule has 0 unspecified atom stereocenters. The van der Waals surface area contributed by atoms with Crippen molar-refractivity contribution in [1.82, 2.24) is 20.0 Å². The molecule has 36 heavy (non-hydrogen) atoms. The highest BCUT2D eigenvalue weighted by Gasteiger charge is 2.27. The van der Waals surface area contributed by atoms with Crippen molar-refractivity contribution in [3.63, 3.8) is 0 Å². The van der Waals surface area contributed by atoms with Gasteiger partial charge in [0.1, 0.15) is 11.8 Å². The number of ether oxygens (including phenoxy) is 1. The van der Waals surface area contributed by atoms with E-state index in [0.717, 1.165) is 28.7 Å². The fraction of sp³-hybridized carbons (Fsp3) is 0.333. The minimum atomic E-state index is -0.248. The molecule has 0 aliphatic heterocycles. The second kappa shape index (κ2) is 9.74. The average molecular weight is 485 g/mol. The minimum absolute atomic E-state index is 0.0470. The lowest BCUT2D eigenvalue weighted by Crippen LogP contribution is -2.34. The third-order valence-electron chi connectivity index (χ3n) is 6.06. The Morgan fingerprint density at radius 1 is 1.25 bits per heavy atom. The number of hydrogen-bond acceptors (Lipinski definition) is 6. The molecule has 0 saturated heterocycles. The molecule has 0 spiro atoms. The number of rotatable bonds is 8. The summed E-state index contributed by atoms with van der Waals surface area (Å²) in [7, 11) is 0. The number of nitrogens with zero attached hydrogens (tertiary/aromatic N) is 4. The molecule has 4 aromatic rings. The number of hydrogen-bond donors (Lipinski definition) is 2. The molecular formula is C27H28N6O3. The summed E-state index contributed by atoms with van der Waals surface area (Å²) in [5, 5.41) is 20.6. The first kappa shape index (κ1) is 23.4. The number of anilines is 1. The molecule has 0 atom stereocenters. The van der Waals surface area contributed by atoms with E-state index in [-0.39, 0.29) is 18.7 Å². The van der Waals surface area contributed by atoms with Crippen LogP contribution in [0.5, 0.6) is 5.75 Å². The van der Waals surface area contributed by atoms with E-state index < -0.39 is 0 Å². The maximum atomic E-state index is 12.1. The van der Waals surface area contributed by atoms with Crippen molar-refractivity contribution in [3.8, 4) is 23.1 Å². The molecule has 1 aliphatic rings. The maximum Gasteiger partial charge on any atom is 0.319 e. The van der Waals surface area contributed by atoms with E-state index in [1.807, 2.05) is 56.3 Å². The Balaban J connectivity index is 1.49. The molecule has 2 heterocycles. The highest BCUT2D eigenvalue weighted by molar-refractivity contribution is 5.96. The molecule has 1 saturated carbocycles. The van der Waals surface area contributed by atoms with E-state index in [1.165, 1.54) is 12.8 Å². The zero-order valence-electron chi connectivity index (χ0n) is 20.5. The Bertz CT molecular complexity index is 1440. The summed E-state index contributed by atoms with van der Waals surface area (Å²) in [6.45, 7) is 6.59. The number of fused-ring (bicyclic) bond motifs is 1. The molecule has 9 nitrogen and oxygen atoms in total. The smallest absolute Gasteiger partial charge is 0.319 e. The standard InChI is InChI=1S/C27H28N6O3/c1-16(2)29-27(34)31-20-8-6-19(7-9-20)26-23(13-28)22-11-10-21(35-15-25-30-17(3)36-32-25)12-24(22)33(26)14-18-4-5-18/h6-12,16,18H,4-5,14-15H2,1-3H3,(H2,29,31,34). The summed E-state index contributed by atoms with van der Waals surface area (Å²) in [5.41, 5.74) is 4.07. The molecule has 2 N–H and O–H groups in total. The van der Waals surface area contributed by atoms with Gasteiger partial charge in [0.2, 0.25) is 11.7 Å². The Kier molecular flexibility index (Phi) is 6.34. The number of carbonyl (C=O) groups excluding carboxylic acids is 1. The zero-order valence-corrected chi connectivity index (χ0v) is 20.5. The molecule has 2 amide bonds. The van der Waals surface area contributed by atoms with Gasteiger partial charge in [0.05, 0.1) is 16.8 Å². The molecule has 9 heteroatoms. The van der Waals surface area contributed by atoms with Crippen LogP contribution in [0.15, 0.2) is 47.0 Å². The van der Waals surface area contributed by atoms with Gasteiger partial charge >= 0.3 is 6.03 Å². The molecule has 5 rings (SSSR count). The number of aryl methyl sites for hydroxylation is 1. The lowest BCUT2D eigenvalue weighted by atomic mass is 10.1. The first-order chi connectivity index (χ1) is 17.4. The molecular weight excluding hydrogens is 456 g/mol. The fourth-order valence-corrected chi connectivity index (χ4v) is 4.27. The van der Waals surface area contributed by atoms with Crippen LogP contribution in [0.2, 0.25) is 0 Å². The van der Waals surface area contributed by atoms with Crippen LogP contribution in [-0.2, 0) is 13.2 Å². The minimum Gasteiger partial charge on any atom is -0.485 e. The van der Waals surface area contributed by atoms with Crippen molar-refractivity contribution >= 4 is 22.6 Å². The lowest BCUT2D eigenvalue weighted by Gasteiger charge is -2.13. The van der Waals surface area contributed by atoms with Crippen molar-refractivity contribution in [2.75, 3.05) is 5.32 Å². The van der Waals surface area contributed by atoms with E-state index in [9.17, 15) is 10.1 Å². The van der Waals surface area contributed by atoms with E-state index in [1.54, 1.807) is 6.92 Å². The van der Waals surface area contributed by atoms with E-state index >= 15 is 0 Å². The summed E-state index contributed by atoms with van der Waals surface area (Å²) in [5.74, 6) is 2.24. The summed E-state index contributed by atoms with van der Waals surface area (Å²) in [6, 6.07) is 15.6. The molecule has 2 aromatic heterocycles. The van der Waals surface area contributed by atoms with Gasteiger partial charge < -0.3 is 24.5 Å². The number of urea groups is 1. The summed E-state index contributed by atoms with van der Waals surface area (Å²) >= 11 is 0. The number of aromatic nitrogens is 3. The van der Waals surface area contributed by atoms with Crippen molar-refractivity contribution in [2.45, 2.75) is 52.8 Å². The first-order valence-corrected chi connectivity index (χ1v) is 12.1. The molecule has 2 aromatic carbocycles. The SMILES string of the molecule is Cc1nc(COc2ccc3c(C#N)c(-c4ccc(NC(=O)NC(C)C)cc4)n(CC4CC4)c3c2)no1. The highest BCUT2D eigenvalue weighted by Crippen LogP contribution is 2.39. The summed E-state index contributed by atoms with van der Waals surface area (Å²) < 4.78 is 13.2. The lowest BCUT2D eigenvalue weighted by molar-refractivity contribution is 0.250. The number of nitrogens with one attached hydrogen (secondary N) is 2. The van der Waals surface area contributed by atoms with Gasteiger partial charge in [-0.05, 0) is 62.4 Å². The normalized spacial score (nSPS) is 13.1. The summed E-state index contributed by atoms with van der Waals surface area (Å²) in [6.07, 6.45) is 2.37. The van der Waals surface area contributed by atoms with E-state index in [2.05, 4.69) is 31.4 Å². The number of amides is 2. The van der Waals surface area contributed by atoms with Crippen LogP contribution in [0.4, 0.5) is 10.5 Å². The van der Waals surface area contributed by atoms with Gasteiger partial charge in [-0.15, -0.1) is 0 Å². The maximum absolute atomic E-state index is 12.1. The van der Waals surface area contributed by atoms with Gasteiger partial charge in [0.15, 0.2) is 6.61 Å². The van der Waals surface area contributed by atoms with Gasteiger partial charge in [-0.1, -0.05) is 17.3 Å². The van der Waals surface area contributed by atoms with Gasteiger partial charge in [0, 0.05) is 36.7 Å². The second-order valence-electron chi connectivity index (χ2n) is 9.42. The zero-order chi connectivity index (χ0) is 25.2. The Labute approximate surface area is 209 Å².